The Bertz CT molecular complexity index is 927. The first-order valence-corrected chi connectivity index (χ1v) is 15.3. The van der Waals surface area contributed by atoms with Gasteiger partial charge in [0.25, 0.3) is 0 Å². The second-order valence-electron chi connectivity index (χ2n) is 7.90. The van der Waals surface area contributed by atoms with Crippen molar-refractivity contribution >= 4 is 18.6 Å². The molecular weight excluding hydrogens is 472 g/mol. The molecule has 0 heterocycles. The number of hydrogen-bond acceptors (Lipinski definition) is 7. The molecule has 0 saturated carbocycles. The lowest BCUT2D eigenvalue weighted by atomic mass is 10.3. The van der Waals surface area contributed by atoms with Crippen molar-refractivity contribution in [1.29, 1.82) is 0 Å². The summed E-state index contributed by atoms with van der Waals surface area (Å²) in [5.41, 5.74) is 0. The van der Waals surface area contributed by atoms with E-state index in [2.05, 4.69) is 0 Å². The molecule has 0 amide bonds. The average Bonchev–Trinajstić information content (AvgIpc) is 2.80. The first-order valence-electron chi connectivity index (χ1n) is 11.9. The van der Waals surface area contributed by atoms with E-state index < -0.39 is 18.6 Å². The van der Waals surface area contributed by atoms with Gasteiger partial charge in [0.2, 0.25) is 9.84 Å². The van der Waals surface area contributed by atoms with Gasteiger partial charge < -0.3 is 22.8 Å². The third kappa shape index (κ3) is 8.39. The quantitative estimate of drug-likeness (QED) is 0.217. The molecule has 0 aromatic heterocycles. The van der Waals surface area contributed by atoms with Gasteiger partial charge in [-0.25, -0.2) is 8.42 Å². The SMILES string of the molecule is CCO[Si](CCCCOc1ccc(S(=O)(=O)c2ccc(OC(C)C)cc2)cc1)(OCC)OCC. The Kier molecular flexibility index (Phi) is 11.5. The van der Waals surface area contributed by atoms with Gasteiger partial charge >= 0.3 is 8.80 Å². The van der Waals surface area contributed by atoms with Gasteiger partial charge in [-0.15, -0.1) is 0 Å². The van der Waals surface area contributed by atoms with Gasteiger partial charge in [-0.1, -0.05) is 0 Å². The Morgan fingerprint density at radius 1 is 0.735 bits per heavy atom. The van der Waals surface area contributed by atoms with E-state index in [1.807, 2.05) is 34.6 Å². The van der Waals surface area contributed by atoms with E-state index in [1.54, 1.807) is 48.5 Å². The largest absolute Gasteiger partial charge is 0.500 e. The zero-order valence-electron chi connectivity index (χ0n) is 20.9. The van der Waals surface area contributed by atoms with E-state index in [0.717, 1.165) is 18.9 Å². The lowest BCUT2D eigenvalue weighted by molar-refractivity contribution is 0.0704. The van der Waals surface area contributed by atoms with Gasteiger partial charge in [-0.05, 0) is 96.0 Å². The van der Waals surface area contributed by atoms with Crippen LogP contribution in [0.5, 0.6) is 11.5 Å². The molecule has 0 saturated heterocycles. The highest BCUT2D eigenvalue weighted by Gasteiger charge is 2.39. The summed E-state index contributed by atoms with van der Waals surface area (Å²) in [5, 5.41) is 0. The fourth-order valence-corrected chi connectivity index (χ4v) is 7.40. The molecule has 0 aliphatic rings. The van der Waals surface area contributed by atoms with E-state index >= 15 is 0 Å². The van der Waals surface area contributed by atoms with E-state index in [9.17, 15) is 8.42 Å². The first kappa shape index (κ1) is 28.3. The molecule has 0 fully saturated rings. The summed E-state index contributed by atoms with van der Waals surface area (Å²) in [6.07, 6.45) is 1.70. The van der Waals surface area contributed by atoms with Crippen LogP contribution in [0, 0.1) is 0 Å². The lowest BCUT2D eigenvalue weighted by Crippen LogP contribution is -2.45. The molecule has 0 atom stereocenters. The number of hydrogen-bond donors (Lipinski definition) is 0. The molecule has 0 aliphatic heterocycles. The zero-order chi connectivity index (χ0) is 25.0. The van der Waals surface area contributed by atoms with Crippen molar-refractivity contribution in [2.45, 2.75) is 69.4 Å². The van der Waals surface area contributed by atoms with E-state index in [-0.39, 0.29) is 15.9 Å². The maximum absolute atomic E-state index is 12.9. The molecule has 7 nitrogen and oxygen atoms in total. The average molecular weight is 511 g/mol. The van der Waals surface area contributed by atoms with Crippen LogP contribution in [0.3, 0.4) is 0 Å². The van der Waals surface area contributed by atoms with Crippen molar-refractivity contribution < 1.29 is 31.2 Å². The van der Waals surface area contributed by atoms with E-state index in [1.165, 1.54) is 0 Å². The molecule has 0 N–H and O–H groups in total. The zero-order valence-corrected chi connectivity index (χ0v) is 22.7. The molecule has 0 unspecified atom stereocenters. The number of unbranched alkanes of at least 4 members (excludes halogenated alkanes) is 1. The van der Waals surface area contributed by atoms with Gasteiger partial charge in [0.1, 0.15) is 11.5 Å². The highest BCUT2D eigenvalue weighted by atomic mass is 32.2. The van der Waals surface area contributed by atoms with Crippen LogP contribution in [0.2, 0.25) is 6.04 Å². The van der Waals surface area contributed by atoms with Crippen LogP contribution in [0.4, 0.5) is 0 Å². The van der Waals surface area contributed by atoms with Crippen LogP contribution in [0.1, 0.15) is 47.5 Å². The second-order valence-corrected chi connectivity index (χ2v) is 12.6. The summed E-state index contributed by atoms with van der Waals surface area (Å²) in [7, 11) is -6.24. The van der Waals surface area contributed by atoms with Crippen LogP contribution in [-0.4, -0.2) is 49.8 Å². The summed E-state index contributed by atoms with van der Waals surface area (Å²) in [6, 6.07) is 13.7. The normalized spacial score (nSPS) is 12.2. The smallest absolute Gasteiger partial charge is 0.494 e. The monoisotopic (exact) mass is 510 g/mol. The molecule has 2 rings (SSSR count). The van der Waals surface area contributed by atoms with E-state index in [4.69, 9.17) is 22.8 Å². The second kappa shape index (κ2) is 13.8. The van der Waals surface area contributed by atoms with Gasteiger partial charge in [0.05, 0.1) is 22.5 Å². The summed E-state index contributed by atoms with van der Waals surface area (Å²) in [6.45, 7) is 11.9. The predicted octanol–water partition coefficient (Wildman–Crippen LogP) is 5.51. The van der Waals surface area contributed by atoms with Crippen molar-refractivity contribution in [2.24, 2.45) is 0 Å². The van der Waals surface area contributed by atoms with Gasteiger partial charge in [0, 0.05) is 25.9 Å². The number of benzene rings is 2. The predicted molar refractivity (Wildman–Crippen MR) is 134 cm³/mol. The van der Waals surface area contributed by atoms with Crippen LogP contribution < -0.4 is 9.47 Å². The maximum Gasteiger partial charge on any atom is 0.500 e. The molecule has 9 heteroatoms. The third-order valence-corrected chi connectivity index (χ3v) is 9.82. The molecule has 190 valence electrons. The Morgan fingerprint density at radius 3 is 1.65 bits per heavy atom. The summed E-state index contributed by atoms with van der Waals surface area (Å²) < 4.78 is 54.8. The maximum atomic E-state index is 12.9. The van der Waals surface area contributed by atoms with Crippen molar-refractivity contribution in [2.75, 3.05) is 26.4 Å². The minimum absolute atomic E-state index is 0.0265. The van der Waals surface area contributed by atoms with Gasteiger partial charge in [-0.3, -0.25) is 0 Å². The van der Waals surface area contributed by atoms with Crippen molar-refractivity contribution in [3.63, 3.8) is 0 Å². The fourth-order valence-electron chi connectivity index (χ4n) is 3.46. The highest BCUT2D eigenvalue weighted by Crippen LogP contribution is 2.25. The summed E-state index contributed by atoms with van der Waals surface area (Å²) in [4.78, 5) is 0.445. The van der Waals surface area contributed by atoms with Crippen molar-refractivity contribution in [3.05, 3.63) is 48.5 Å². The molecule has 0 aliphatic carbocycles. The molecule has 0 bridgehead atoms. The first-order chi connectivity index (χ1) is 16.3. The van der Waals surface area contributed by atoms with Crippen LogP contribution in [-0.2, 0) is 23.1 Å². The minimum Gasteiger partial charge on any atom is -0.494 e. The van der Waals surface area contributed by atoms with Crippen LogP contribution >= 0.6 is 0 Å². The minimum atomic E-state index is -3.61. The Morgan fingerprint density at radius 2 is 1.21 bits per heavy atom. The highest BCUT2D eigenvalue weighted by molar-refractivity contribution is 7.91. The Labute approximate surface area is 205 Å². The third-order valence-electron chi connectivity index (χ3n) is 4.88. The van der Waals surface area contributed by atoms with Gasteiger partial charge in [-0.2, -0.15) is 0 Å². The van der Waals surface area contributed by atoms with Crippen LogP contribution in [0.25, 0.3) is 0 Å². The molecule has 0 radical (unpaired) electrons. The van der Waals surface area contributed by atoms with E-state index in [0.29, 0.717) is 37.9 Å². The molecule has 34 heavy (non-hydrogen) atoms. The Hall–Kier alpha value is -1.91. The molecule has 2 aromatic carbocycles. The lowest BCUT2D eigenvalue weighted by Gasteiger charge is -2.28. The standard InChI is InChI=1S/C25H38O7SSi/c1-6-29-34(30-7-2,31-8-3)20-10-9-19-28-22-11-15-24(16-12-22)33(26,27)25-17-13-23(14-18-25)32-21(4)5/h11-18,21H,6-10,19-20H2,1-5H3. The number of rotatable bonds is 16. The Balaban J connectivity index is 1.89. The number of sulfone groups is 1. The number of ether oxygens (including phenoxy) is 2. The molecule has 2 aromatic rings. The molecule has 0 spiro atoms. The van der Waals surface area contributed by atoms with Crippen molar-refractivity contribution in [1.82, 2.24) is 0 Å². The fraction of sp³-hybridized carbons (Fsp3) is 0.520. The molecular formula is C25H38O7SSi. The van der Waals surface area contributed by atoms with Gasteiger partial charge in [0.15, 0.2) is 0 Å². The van der Waals surface area contributed by atoms with Crippen LogP contribution in [0.15, 0.2) is 58.3 Å². The summed E-state index contributed by atoms with van der Waals surface area (Å²) >= 11 is 0. The topological polar surface area (TPSA) is 80.3 Å². The summed E-state index contributed by atoms with van der Waals surface area (Å²) in [5.74, 6) is 1.27. The van der Waals surface area contributed by atoms with Crippen molar-refractivity contribution in [3.8, 4) is 11.5 Å².